The van der Waals surface area contributed by atoms with Crippen LogP contribution in [-0.2, 0) is 9.53 Å². The molecule has 0 bridgehead atoms. The topological polar surface area (TPSA) is 82.6 Å². The van der Waals surface area contributed by atoms with Gasteiger partial charge in [0.25, 0.3) is 5.69 Å². The van der Waals surface area contributed by atoms with Gasteiger partial charge in [-0.1, -0.05) is 0 Å². The molecule has 2 rings (SSSR count). The van der Waals surface area contributed by atoms with Crippen LogP contribution in [0.3, 0.4) is 0 Å². The maximum absolute atomic E-state index is 11.1. The molecule has 0 fully saturated rings. The molecule has 1 heterocycles. The van der Waals surface area contributed by atoms with Crippen molar-refractivity contribution in [3.8, 4) is 0 Å². The SMILES string of the molecule is CCOC(=O)C=Cc1cc2cc([N+](=O)[O-])ccc2o1. The highest BCUT2D eigenvalue weighted by molar-refractivity contribution is 5.88. The molecule has 98 valence electrons. The van der Waals surface area contributed by atoms with Crippen molar-refractivity contribution < 1.29 is 18.9 Å². The molecule has 0 aliphatic rings. The minimum absolute atomic E-state index is 0.00535. The van der Waals surface area contributed by atoms with Crippen LogP contribution >= 0.6 is 0 Å². The van der Waals surface area contributed by atoms with E-state index in [2.05, 4.69) is 0 Å². The number of hydrogen-bond donors (Lipinski definition) is 0. The number of ether oxygens (including phenoxy) is 1. The van der Waals surface area contributed by atoms with Crippen LogP contribution in [0.15, 0.2) is 34.8 Å². The number of rotatable bonds is 4. The third kappa shape index (κ3) is 2.98. The Kier molecular flexibility index (Phi) is 3.61. The van der Waals surface area contributed by atoms with Gasteiger partial charge in [-0.2, -0.15) is 0 Å². The largest absolute Gasteiger partial charge is 0.463 e. The predicted octanol–water partition coefficient (Wildman–Crippen LogP) is 2.92. The summed E-state index contributed by atoms with van der Waals surface area (Å²) in [6, 6.07) is 5.93. The number of hydrogen-bond acceptors (Lipinski definition) is 5. The monoisotopic (exact) mass is 261 g/mol. The molecule has 0 N–H and O–H groups in total. The Hall–Kier alpha value is -2.63. The molecule has 0 atom stereocenters. The molecule has 0 unspecified atom stereocenters. The third-order valence-corrected chi connectivity index (χ3v) is 2.40. The summed E-state index contributed by atoms with van der Waals surface area (Å²) in [6.07, 6.45) is 2.71. The summed E-state index contributed by atoms with van der Waals surface area (Å²) in [5, 5.41) is 11.2. The summed E-state index contributed by atoms with van der Waals surface area (Å²) < 4.78 is 10.1. The molecule has 0 saturated heterocycles. The second-order valence-corrected chi connectivity index (χ2v) is 3.71. The van der Waals surface area contributed by atoms with Gasteiger partial charge < -0.3 is 9.15 Å². The van der Waals surface area contributed by atoms with Gasteiger partial charge in [-0.25, -0.2) is 4.79 Å². The van der Waals surface area contributed by atoms with E-state index in [1.165, 1.54) is 30.4 Å². The Morgan fingerprint density at radius 2 is 2.26 bits per heavy atom. The van der Waals surface area contributed by atoms with Crippen LogP contribution < -0.4 is 0 Å². The number of nitro groups is 1. The molecular weight excluding hydrogens is 250 g/mol. The van der Waals surface area contributed by atoms with Crippen LogP contribution in [0.25, 0.3) is 17.0 Å². The molecule has 0 radical (unpaired) electrons. The lowest BCUT2D eigenvalue weighted by Gasteiger charge is -1.93. The van der Waals surface area contributed by atoms with Crippen molar-refractivity contribution in [2.75, 3.05) is 6.61 Å². The number of nitrogens with zero attached hydrogens (tertiary/aromatic N) is 1. The van der Waals surface area contributed by atoms with Gasteiger partial charge in [0.2, 0.25) is 0 Å². The Labute approximate surface area is 108 Å². The number of furan rings is 1. The Balaban J connectivity index is 2.26. The fourth-order valence-electron chi connectivity index (χ4n) is 1.59. The number of fused-ring (bicyclic) bond motifs is 1. The standard InChI is InChI=1S/C13H11NO5/c1-2-18-13(15)6-4-11-8-9-7-10(14(16)17)3-5-12(9)19-11/h3-8H,2H2,1H3. The molecule has 0 amide bonds. The van der Waals surface area contributed by atoms with E-state index in [1.807, 2.05) is 0 Å². The van der Waals surface area contributed by atoms with E-state index in [4.69, 9.17) is 9.15 Å². The highest BCUT2D eigenvalue weighted by atomic mass is 16.6. The summed E-state index contributed by atoms with van der Waals surface area (Å²) in [4.78, 5) is 21.3. The molecule has 2 aromatic rings. The summed E-state index contributed by atoms with van der Waals surface area (Å²) in [7, 11) is 0. The van der Waals surface area contributed by atoms with Crippen molar-refractivity contribution in [3.63, 3.8) is 0 Å². The van der Waals surface area contributed by atoms with Crippen molar-refractivity contribution in [3.05, 3.63) is 46.2 Å². The van der Waals surface area contributed by atoms with Crippen LogP contribution in [0.5, 0.6) is 0 Å². The van der Waals surface area contributed by atoms with Crippen LogP contribution in [0, 0.1) is 10.1 Å². The summed E-state index contributed by atoms with van der Waals surface area (Å²) >= 11 is 0. The molecule has 6 nitrogen and oxygen atoms in total. The Morgan fingerprint density at radius 1 is 1.47 bits per heavy atom. The first kappa shape index (κ1) is 12.8. The normalized spacial score (nSPS) is 11.0. The number of carbonyl (C=O) groups excluding carboxylic acids is 1. The van der Waals surface area contributed by atoms with E-state index in [-0.39, 0.29) is 5.69 Å². The van der Waals surface area contributed by atoms with Gasteiger partial charge in [0.05, 0.1) is 11.5 Å². The zero-order valence-corrected chi connectivity index (χ0v) is 10.2. The fourth-order valence-corrected chi connectivity index (χ4v) is 1.59. The van der Waals surface area contributed by atoms with E-state index in [0.29, 0.717) is 23.3 Å². The summed E-state index contributed by atoms with van der Waals surface area (Å²) in [6.45, 7) is 2.02. The van der Waals surface area contributed by atoms with Crippen molar-refractivity contribution in [1.29, 1.82) is 0 Å². The molecular formula is C13H11NO5. The van der Waals surface area contributed by atoms with E-state index in [0.717, 1.165) is 0 Å². The van der Waals surface area contributed by atoms with Gasteiger partial charge in [0.15, 0.2) is 0 Å². The van der Waals surface area contributed by atoms with Crippen LogP contribution in [0.2, 0.25) is 0 Å². The van der Waals surface area contributed by atoms with E-state index in [9.17, 15) is 14.9 Å². The minimum atomic E-state index is -0.472. The van der Waals surface area contributed by atoms with E-state index < -0.39 is 10.9 Å². The second kappa shape index (κ2) is 5.34. The lowest BCUT2D eigenvalue weighted by molar-refractivity contribution is -0.384. The average Bonchev–Trinajstić information content (AvgIpc) is 2.78. The molecule has 1 aromatic carbocycles. The number of non-ortho nitro benzene ring substituents is 1. The van der Waals surface area contributed by atoms with Gasteiger partial charge in [-0.15, -0.1) is 0 Å². The van der Waals surface area contributed by atoms with Crippen molar-refractivity contribution in [2.24, 2.45) is 0 Å². The van der Waals surface area contributed by atoms with Gasteiger partial charge in [-0.05, 0) is 25.1 Å². The van der Waals surface area contributed by atoms with E-state index >= 15 is 0 Å². The van der Waals surface area contributed by atoms with Crippen molar-refractivity contribution in [2.45, 2.75) is 6.92 Å². The smallest absolute Gasteiger partial charge is 0.330 e. The Morgan fingerprint density at radius 3 is 2.95 bits per heavy atom. The first-order valence-electron chi connectivity index (χ1n) is 5.63. The minimum Gasteiger partial charge on any atom is -0.463 e. The molecule has 19 heavy (non-hydrogen) atoms. The maximum atomic E-state index is 11.1. The van der Waals surface area contributed by atoms with Gasteiger partial charge in [-0.3, -0.25) is 10.1 Å². The molecule has 1 aromatic heterocycles. The number of benzene rings is 1. The lowest BCUT2D eigenvalue weighted by atomic mass is 10.2. The van der Waals surface area contributed by atoms with E-state index in [1.54, 1.807) is 13.0 Å². The van der Waals surface area contributed by atoms with Crippen LogP contribution in [-0.4, -0.2) is 17.5 Å². The number of esters is 1. The van der Waals surface area contributed by atoms with Gasteiger partial charge >= 0.3 is 5.97 Å². The second-order valence-electron chi connectivity index (χ2n) is 3.71. The third-order valence-electron chi connectivity index (χ3n) is 2.40. The van der Waals surface area contributed by atoms with Gasteiger partial charge in [0, 0.05) is 23.6 Å². The lowest BCUT2D eigenvalue weighted by Crippen LogP contribution is -1.98. The molecule has 0 aliphatic carbocycles. The van der Waals surface area contributed by atoms with Crippen molar-refractivity contribution >= 4 is 28.7 Å². The Bertz CT molecular complexity index is 656. The predicted molar refractivity (Wildman–Crippen MR) is 68.5 cm³/mol. The zero-order chi connectivity index (χ0) is 13.8. The summed E-state index contributed by atoms with van der Waals surface area (Å²) in [5.41, 5.74) is 0.517. The van der Waals surface area contributed by atoms with Crippen LogP contribution in [0.4, 0.5) is 5.69 Å². The fraction of sp³-hybridized carbons (Fsp3) is 0.154. The first-order valence-corrected chi connectivity index (χ1v) is 5.63. The zero-order valence-electron chi connectivity index (χ0n) is 10.2. The van der Waals surface area contributed by atoms with Crippen LogP contribution in [0.1, 0.15) is 12.7 Å². The maximum Gasteiger partial charge on any atom is 0.330 e. The van der Waals surface area contributed by atoms with Gasteiger partial charge in [0.1, 0.15) is 11.3 Å². The average molecular weight is 261 g/mol. The molecule has 6 heteroatoms. The molecule has 0 spiro atoms. The molecule has 0 aliphatic heterocycles. The quantitative estimate of drug-likeness (QED) is 0.365. The number of nitro benzene ring substituents is 1. The van der Waals surface area contributed by atoms with Crippen molar-refractivity contribution in [1.82, 2.24) is 0 Å². The first-order chi connectivity index (χ1) is 9.10. The molecule has 0 saturated carbocycles. The number of carbonyl (C=O) groups is 1. The highest BCUT2D eigenvalue weighted by Gasteiger charge is 2.09. The highest BCUT2D eigenvalue weighted by Crippen LogP contribution is 2.24. The summed E-state index contributed by atoms with van der Waals surface area (Å²) in [5.74, 6) is -0.0301.